The van der Waals surface area contributed by atoms with Crippen LogP contribution >= 0.6 is 0 Å². The van der Waals surface area contributed by atoms with Crippen molar-refractivity contribution in [1.82, 2.24) is 14.5 Å². The highest BCUT2D eigenvalue weighted by Crippen LogP contribution is 2.51. The fraction of sp³-hybridized carbons (Fsp3) is 0.542. The molecule has 0 radical (unpaired) electrons. The van der Waals surface area contributed by atoms with Gasteiger partial charge < -0.3 is 54.8 Å². The summed E-state index contributed by atoms with van der Waals surface area (Å²) in [5, 5.41) is 62.0. The first-order valence-corrected chi connectivity index (χ1v) is 22.8. The number of aryl methyl sites for hydroxylation is 1. The SMILES string of the molecule is CO[C@H]1/C=C/O[C@@]2(C)Oc3c(C)c(O)c4c(O)c(c5c(c4c3C2=O)NC2(CCN(CCn3c([N+](=O)[O-])cnc3C)CC2)N=5)=NC(=O)/C(C)=C\C=C\[C@H](C)[C@H](O)[C@@H](C)[C@@H](O)[C@H](C)[C@H](OC(C)=O)[C@H]1C. The number of aromatic nitrogens is 2. The van der Waals surface area contributed by atoms with Crippen LogP contribution in [0.25, 0.3) is 10.8 Å². The first-order valence-electron chi connectivity index (χ1n) is 22.8. The van der Waals surface area contributed by atoms with Gasteiger partial charge in [-0.05, 0) is 24.8 Å². The first-order chi connectivity index (χ1) is 32.0. The van der Waals surface area contributed by atoms with Gasteiger partial charge in [-0.1, -0.05) is 45.9 Å². The molecule has 5 heterocycles. The number of phenolic OH excluding ortho intramolecular Hbond substituents is 2. The molecule has 1 fully saturated rings. The Morgan fingerprint density at radius 2 is 1.68 bits per heavy atom. The van der Waals surface area contributed by atoms with Gasteiger partial charge in [0.1, 0.15) is 46.7 Å². The molecule has 1 amide bonds. The molecule has 20 nitrogen and oxygen atoms in total. The minimum absolute atomic E-state index is 0.00394. The summed E-state index contributed by atoms with van der Waals surface area (Å²) in [4.78, 5) is 68.2. The van der Waals surface area contributed by atoms with E-state index in [2.05, 4.69) is 20.2 Å². The number of likely N-dealkylation sites (tertiary alicyclic amines) is 1. The molecular formula is C48H61N7O13. The number of Topliss-reactive ketones (excluding diaryl/α,β-unsaturated/α-hetero) is 1. The van der Waals surface area contributed by atoms with E-state index in [1.54, 1.807) is 51.3 Å². The molecule has 1 aromatic heterocycles. The summed E-state index contributed by atoms with van der Waals surface area (Å²) in [6.07, 6.45) is 5.65. The highest BCUT2D eigenvalue weighted by molar-refractivity contribution is 6.21. The number of carbonyl (C=O) groups excluding carboxylic acids is 3. The number of piperidine rings is 1. The van der Waals surface area contributed by atoms with Gasteiger partial charge in [0.05, 0.1) is 41.2 Å². The number of esters is 1. The van der Waals surface area contributed by atoms with E-state index >= 15 is 0 Å². The zero-order valence-corrected chi connectivity index (χ0v) is 40.0. The van der Waals surface area contributed by atoms with Crippen molar-refractivity contribution in [2.24, 2.45) is 33.7 Å². The Labute approximate surface area is 392 Å². The number of rotatable bonds is 6. The van der Waals surface area contributed by atoms with Crippen LogP contribution in [0.2, 0.25) is 0 Å². The molecule has 7 rings (SSSR count). The van der Waals surface area contributed by atoms with Crippen molar-refractivity contribution in [2.75, 3.05) is 32.1 Å². The summed E-state index contributed by atoms with van der Waals surface area (Å²) in [6, 6.07) is 0. The van der Waals surface area contributed by atoms with Crippen LogP contribution < -0.4 is 20.8 Å². The number of hydrogen-bond donors (Lipinski definition) is 5. The quantitative estimate of drug-likeness (QED) is 0.100. The number of methoxy groups -OCH3 is 1. The van der Waals surface area contributed by atoms with Gasteiger partial charge in [-0.3, -0.25) is 24.3 Å². The average molecular weight is 944 g/mol. The number of fused-ring (bicyclic) bond motifs is 1. The van der Waals surface area contributed by atoms with Crippen molar-refractivity contribution in [1.29, 1.82) is 0 Å². The highest BCUT2D eigenvalue weighted by Gasteiger charge is 2.51. The lowest BCUT2D eigenvalue weighted by atomic mass is 9.78. The highest BCUT2D eigenvalue weighted by atomic mass is 16.7. The number of nitro groups is 1. The molecule has 0 unspecified atom stereocenters. The van der Waals surface area contributed by atoms with E-state index in [1.807, 2.05) is 0 Å². The molecule has 5 N–H and O–H groups in total. The standard InChI is InChI=1S/C48H61N7O13/c1-23-12-11-13-24(2)46(62)50-38-37-36(51-48(52-37)15-17-53(18-16-48)19-20-54-29(7)49-22-32(54)55(63)64)33-34(42(38)60)41(59)28(6)44-35(33)45(61)47(9,68-44)66-21-14-31(65-10)25(3)43(67-30(8)56)27(5)40(58)26(4)39(23)57/h11-14,21-23,25-27,31,39-40,43,51,57-60H,15-20H2,1-10H3/b12-11+,21-14+,24-13-,50-38?/t23-,25-,26+,27-,31-,39-,40+,43+,47-/m0/s1. The van der Waals surface area contributed by atoms with Crippen molar-refractivity contribution in [2.45, 2.75) is 118 Å². The molecule has 68 heavy (non-hydrogen) atoms. The zero-order valence-electron chi connectivity index (χ0n) is 40.0. The topological polar surface area (TPSA) is 270 Å². The Balaban J connectivity index is 1.34. The Kier molecular flexibility index (Phi) is 13.9. The molecule has 1 saturated heterocycles. The third-order valence-corrected chi connectivity index (χ3v) is 14.2. The lowest BCUT2D eigenvalue weighted by Gasteiger charge is -2.38. The van der Waals surface area contributed by atoms with Crippen LogP contribution in [0.3, 0.4) is 0 Å². The molecule has 20 heteroatoms. The van der Waals surface area contributed by atoms with E-state index in [1.165, 1.54) is 59.4 Å². The van der Waals surface area contributed by atoms with Crippen LogP contribution in [0.4, 0.5) is 11.5 Å². The molecule has 4 aliphatic heterocycles. The van der Waals surface area contributed by atoms with Gasteiger partial charge in [0, 0.05) is 101 Å². The van der Waals surface area contributed by atoms with Crippen LogP contribution in [0.15, 0.2) is 52.3 Å². The number of imidazole rings is 1. The number of hydrogen-bond acceptors (Lipinski definition) is 17. The molecule has 2 aromatic carbocycles. The minimum atomic E-state index is -2.01. The van der Waals surface area contributed by atoms with Gasteiger partial charge in [-0.2, -0.15) is 0 Å². The number of phenols is 2. The number of carbonyl (C=O) groups is 3. The number of nitrogens with one attached hydrogen (secondary N) is 1. The molecule has 366 valence electrons. The summed E-state index contributed by atoms with van der Waals surface area (Å²) < 4.78 is 25.6. The summed E-state index contributed by atoms with van der Waals surface area (Å²) >= 11 is 0. The van der Waals surface area contributed by atoms with Gasteiger partial charge in [0.2, 0.25) is 0 Å². The van der Waals surface area contributed by atoms with E-state index in [-0.39, 0.29) is 55.4 Å². The zero-order chi connectivity index (χ0) is 49.7. The third-order valence-electron chi connectivity index (χ3n) is 14.2. The molecule has 0 aliphatic carbocycles. The molecule has 9 atom stereocenters. The summed E-state index contributed by atoms with van der Waals surface area (Å²) in [6.45, 7) is 16.1. The number of nitrogens with zero attached hydrogens (tertiary/aromatic N) is 6. The number of allylic oxidation sites excluding steroid dienone is 2. The number of aliphatic hydroxyl groups excluding tert-OH is 2. The number of anilines is 1. The summed E-state index contributed by atoms with van der Waals surface area (Å²) in [5.41, 5.74) is -0.539. The Morgan fingerprint density at radius 1 is 0.985 bits per heavy atom. The lowest BCUT2D eigenvalue weighted by Crippen LogP contribution is -2.47. The Bertz CT molecular complexity index is 2760. The first kappa shape index (κ1) is 49.7. The Hall–Kier alpha value is -6.22. The second-order valence-corrected chi connectivity index (χ2v) is 18.7. The molecule has 3 aromatic rings. The van der Waals surface area contributed by atoms with Crippen LogP contribution in [-0.2, 0) is 30.3 Å². The van der Waals surface area contributed by atoms with Gasteiger partial charge in [-0.25, -0.2) is 14.5 Å². The van der Waals surface area contributed by atoms with E-state index in [0.717, 1.165) is 0 Å². The van der Waals surface area contributed by atoms with Gasteiger partial charge in [0.25, 0.3) is 11.7 Å². The fourth-order valence-electron chi connectivity index (χ4n) is 9.88. The van der Waals surface area contributed by atoms with Crippen molar-refractivity contribution < 1.29 is 58.7 Å². The van der Waals surface area contributed by atoms with E-state index < -0.39 is 93.6 Å². The lowest BCUT2D eigenvalue weighted by molar-refractivity contribution is -0.392. The molecule has 1 spiro atoms. The van der Waals surface area contributed by atoms with Crippen molar-refractivity contribution in [3.05, 3.63) is 80.1 Å². The summed E-state index contributed by atoms with van der Waals surface area (Å²) in [5.74, 6) is -7.14. The smallest absolute Gasteiger partial charge is 0.342 e. The molecule has 4 aliphatic rings. The second-order valence-electron chi connectivity index (χ2n) is 18.7. The normalized spacial score (nSPS) is 30.4. The van der Waals surface area contributed by atoms with E-state index in [9.17, 15) is 44.9 Å². The number of amides is 1. The largest absolute Gasteiger partial charge is 0.507 e. The maximum atomic E-state index is 14.8. The third kappa shape index (κ3) is 8.97. The number of ketones is 1. The van der Waals surface area contributed by atoms with Gasteiger partial charge in [0.15, 0.2) is 11.6 Å². The minimum Gasteiger partial charge on any atom is -0.507 e. The number of aromatic hydroxyl groups is 2. The van der Waals surface area contributed by atoms with E-state index in [4.69, 9.17) is 23.9 Å². The van der Waals surface area contributed by atoms with Crippen LogP contribution in [0.1, 0.15) is 83.1 Å². The van der Waals surface area contributed by atoms with Crippen LogP contribution in [-0.4, -0.2) is 120 Å². The van der Waals surface area contributed by atoms with Crippen molar-refractivity contribution in [3.8, 4) is 17.2 Å². The van der Waals surface area contributed by atoms with Crippen molar-refractivity contribution >= 4 is 39.9 Å². The van der Waals surface area contributed by atoms with Crippen LogP contribution in [0, 0.1) is 47.6 Å². The maximum absolute atomic E-state index is 14.8. The fourth-order valence-corrected chi connectivity index (χ4v) is 9.88. The maximum Gasteiger partial charge on any atom is 0.342 e. The number of aliphatic hydroxyl groups is 2. The number of benzene rings is 2. The predicted molar refractivity (Wildman–Crippen MR) is 246 cm³/mol. The number of ether oxygens (including phenoxy) is 4. The molecule has 4 bridgehead atoms. The van der Waals surface area contributed by atoms with E-state index in [0.29, 0.717) is 44.8 Å². The van der Waals surface area contributed by atoms with Gasteiger partial charge in [-0.15, -0.1) is 0 Å². The van der Waals surface area contributed by atoms with Crippen LogP contribution in [0.5, 0.6) is 17.2 Å². The van der Waals surface area contributed by atoms with Crippen molar-refractivity contribution in [3.63, 3.8) is 0 Å². The van der Waals surface area contributed by atoms with Gasteiger partial charge >= 0.3 is 17.6 Å². The molecular weight excluding hydrogens is 883 g/mol. The molecule has 0 saturated carbocycles. The predicted octanol–water partition coefficient (Wildman–Crippen LogP) is 4.21. The monoisotopic (exact) mass is 943 g/mol. The second kappa shape index (κ2) is 19.0. The Morgan fingerprint density at radius 3 is 2.32 bits per heavy atom. The summed E-state index contributed by atoms with van der Waals surface area (Å²) in [7, 11) is 1.45. The average Bonchev–Trinajstić information content (AvgIpc) is 3.95.